The standard InChI is InChI=1S/C11H13N3O2S/c1-7-8(2)14-11-6-9(17(15,16)12-3)4-5-10(11)13-7/h4-6,12H,1-3H3. The molecule has 1 aromatic heterocycles. The van der Waals surface area contributed by atoms with Crippen molar-refractivity contribution in [2.45, 2.75) is 18.7 Å². The number of aryl methyl sites for hydroxylation is 2. The molecule has 1 N–H and O–H groups in total. The van der Waals surface area contributed by atoms with E-state index in [1.807, 2.05) is 13.8 Å². The Bertz CT molecular complexity index is 680. The molecule has 1 heterocycles. The van der Waals surface area contributed by atoms with Crippen molar-refractivity contribution in [1.82, 2.24) is 14.7 Å². The summed E-state index contributed by atoms with van der Waals surface area (Å²) in [6, 6.07) is 4.72. The van der Waals surface area contributed by atoms with E-state index in [-0.39, 0.29) is 4.90 Å². The molecule has 0 saturated carbocycles. The predicted molar refractivity (Wildman–Crippen MR) is 65.3 cm³/mol. The minimum atomic E-state index is -3.43. The molecule has 5 nitrogen and oxygen atoms in total. The molecule has 1 aromatic carbocycles. The molecule has 0 atom stereocenters. The van der Waals surface area contributed by atoms with Crippen molar-refractivity contribution < 1.29 is 8.42 Å². The third kappa shape index (κ3) is 2.13. The maximum absolute atomic E-state index is 11.6. The molecule has 0 fully saturated rings. The van der Waals surface area contributed by atoms with E-state index in [0.29, 0.717) is 11.0 Å². The van der Waals surface area contributed by atoms with Crippen molar-refractivity contribution in [3.05, 3.63) is 29.6 Å². The first kappa shape index (κ1) is 11.9. The highest BCUT2D eigenvalue weighted by Crippen LogP contribution is 2.17. The van der Waals surface area contributed by atoms with Gasteiger partial charge in [0, 0.05) is 0 Å². The van der Waals surface area contributed by atoms with Crippen LogP contribution >= 0.6 is 0 Å². The fraction of sp³-hybridized carbons (Fsp3) is 0.273. The van der Waals surface area contributed by atoms with Crippen LogP contribution in [0, 0.1) is 13.8 Å². The number of rotatable bonds is 2. The molecular formula is C11H13N3O2S. The van der Waals surface area contributed by atoms with E-state index in [1.165, 1.54) is 19.2 Å². The smallest absolute Gasteiger partial charge is 0.240 e. The second kappa shape index (κ2) is 4.05. The summed E-state index contributed by atoms with van der Waals surface area (Å²) in [5.74, 6) is 0. The van der Waals surface area contributed by atoms with E-state index < -0.39 is 10.0 Å². The first-order chi connectivity index (χ1) is 7.94. The number of sulfonamides is 1. The number of nitrogens with one attached hydrogen (secondary N) is 1. The fourth-order valence-corrected chi connectivity index (χ4v) is 2.25. The van der Waals surface area contributed by atoms with Crippen LogP contribution in [0.5, 0.6) is 0 Å². The predicted octanol–water partition coefficient (Wildman–Crippen LogP) is 1.15. The Morgan fingerprint density at radius 3 is 2.24 bits per heavy atom. The lowest BCUT2D eigenvalue weighted by atomic mass is 10.2. The molecule has 2 aromatic rings. The zero-order valence-corrected chi connectivity index (χ0v) is 10.7. The first-order valence-corrected chi connectivity index (χ1v) is 6.61. The van der Waals surface area contributed by atoms with Gasteiger partial charge in [0.25, 0.3) is 0 Å². The van der Waals surface area contributed by atoms with Crippen LogP contribution in [0.25, 0.3) is 11.0 Å². The Morgan fingerprint density at radius 1 is 1.06 bits per heavy atom. The lowest BCUT2D eigenvalue weighted by Gasteiger charge is -2.05. The average Bonchev–Trinajstić information content (AvgIpc) is 2.30. The molecule has 6 heteroatoms. The zero-order valence-electron chi connectivity index (χ0n) is 9.85. The molecule has 90 valence electrons. The third-order valence-corrected chi connectivity index (χ3v) is 4.04. The van der Waals surface area contributed by atoms with Crippen LogP contribution in [0.2, 0.25) is 0 Å². The van der Waals surface area contributed by atoms with Crippen molar-refractivity contribution in [2.24, 2.45) is 0 Å². The lowest BCUT2D eigenvalue weighted by molar-refractivity contribution is 0.588. The Kier molecular flexibility index (Phi) is 2.84. The van der Waals surface area contributed by atoms with Crippen LogP contribution < -0.4 is 4.72 Å². The van der Waals surface area contributed by atoms with Crippen molar-refractivity contribution in [3.8, 4) is 0 Å². The van der Waals surface area contributed by atoms with Crippen LogP contribution in [-0.4, -0.2) is 25.4 Å². The van der Waals surface area contributed by atoms with Crippen LogP contribution in [-0.2, 0) is 10.0 Å². The van der Waals surface area contributed by atoms with Gasteiger partial charge in [-0.15, -0.1) is 0 Å². The maximum atomic E-state index is 11.6. The van der Waals surface area contributed by atoms with E-state index >= 15 is 0 Å². The Balaban J connectivity index is 2.70. The Labute approximate surface area is 100.0 Å². The number of fused-ring (bicyclic) bond motifs is 1. The van der Waals surface area contributed by atoms with Crippen LogP contribution in [0.4, 0.5) is 0 Å². The van der Waals surface area contributed by atoms with Gasteiger partial charge < -0.3 is 0 Å². The summed E-state index contributed by atoms with van der Waals surface area (Å²) in [6.07, 6.45) is 0. The Hall–Kier alpha value is -1.53. The molecule has 0 aliphatic carbocycles. The molecule has 0 spiro atoms. The van der Waals surface area contributed by atoms with Gasteiger partial charge in [0.2, 0.25) is 10.0 Å². The van der Waals surface area contributed by atoms with Gasteiger partial charge in [0.05, 0.1) is 27.3 Å². The van der Waals surface area contributed by atoms with Crippen LogP contribution in [0.1, 0.15) is 11.4 Å². The highest BCUT2D eigenvalue weighted by molar-refractivity contribution is 7.89. The molecule has 0 bridgehead atoms. The molecule has 0 saturated heterocycles. The van der Waals surface area contributed by atoms with Crippen LogP contribution in [0.15, 0.2) is 23.1 Å². The zero-order chi connectivity index (χ0) is 12.6. The number of aromatic nitrogens is 2. The third-order valence-electron chi connectivity index (χ3n) is 2.63. The number of nitrogens with zero attached hydrogens (tertiary/aromatic N) is 2. The summed E-state index contributed by atoms with van der Waals surface area (Å²) in [5.41, 5.74) is 2.94. The van der Waals surface area contributed by atoms with E-state index in [9.17, 15) is 8.42 Å². The summed E-state index contributed by atoms with van der Waals surface area (Å²) in [4.78, 5) is 8.87. The van der Waals surface area contributed by atoms with Gasteiger partial charge >= 0.3 is 0 Å². The molecular weight excluding hydrogens is 238 g/mol. The van der Waals surface area contributed by atoms with Crippen molar-refractivity contribution in [2.75, 3.05) is 7.05 Å². The summed E-state index contributed by atoms with van der Waals surface area (Å²) in [5, 5.41) is 0. The average molecular weight is 251 g/mol. The van der Waals surface area contributed by atoms with Gasteiger partial charge in [-0.25, -0.2) is 23.1 Å². The lowest BCUT2D eigenvalue weighted by Crippen LogP contribution is -2.18. The Morgan fingerprint density at radius 2 is 1.65 bits per heavy atom. The number of hydrogen-bond acceptors (Lipinski definition) is 4. The monoisotopic (exact) mass is 251 g/mol. The minimum Gasteiger partial charge on any atom is -0.250 e. The van der Waals surface area contributed by atoms with Gasteiger partial charge in [0.1, 0.15) is 0 Å². The van der Waals surface area contributed by atoms with E-state index in [4.69, 9.17) is 0 Å². The summed E-state index contributed by atoms with van der Waals surface area (Å²) < 4.78 is 25.5. The van der Waals surface area contributed by atoms with Gasteiger partial charge in [0.15, 0.2) is 0 Å². The minimum absolute atomic E-state index is 0.199. The topological polar surface area (TPSA) is 72.0 Å². The molecule has 2 rings (SSSR count). The number of hydrogen-bond donors (Lipinski definition) is 1. The largest absolute Gasteiger partial charge is 0.250 e. The number of benzene rings is 1. The summed E-state index contributed by atoms with van der Waals surface area (Å²) >= 11 is 0. The summed E-state index contributed by atoms with van der Waals surface area (Å²) in [6.45, 7) is 3.72. The first-order valence-electron chi connectivity index (χ1n) is 5.12. The second-order valence-electron chi connectivity index (χ2n) is 3.75. The van der Waals surface area contributed by atoms with Crippen LogP contribution in [0.3, 0.4) is 0 Å². The normalized spacial score (nSPS) is 11.9. The molecule has 0 amide bonds. The maximum Gasteiger partial charge on any atom is 0.240 e. The SMILES string of the molecule is CNS(=O)(=O)c1ccc2nc(C)c(C)nc2c1. The molecule has 0 unspecified atom stereocenters. The van der Waals surface area contributed by atoms with Gasteiger partial charge in [-0.3, -0.25) is 0 Å². The van der Waals surface area contributed by atoms with E-state index in [2.05, 4.69) is 14.7 Å². The van der Waals surface area contributed by atoms with Crippen molar-refractivity contribution in [3.63, 3.8) is 0 Å². The summed E-state index contributed by atoms with van der Waals surface area (Å²) in [7, 11) is -2.05. The molecule has 0 radical (unpaired) electrons. The van der Waals surface area contributed by atoms with Crippen molar-refractivity contribution in [1.29, 1.82) is 0 Å². The van der Waals surface area contributed by atoms with Gasteiger partial charge in [-0.1, -0.05) is 0 Å². The molecule has 0 aliphatic heterocycles. The quantitative estimate of drug-likeness (QED) is 0.869. The van der Waals surface area contributed by atoms with Gasteiger partial charge in [-0.05, 0) is 39.1 Å². The van der Waals surface area contributed by atoms with E-state index in [1.54, 1.807) is 6.07 Å². The van der Waals surface area contributed by atoms with E-state index in [0.717, 1.165) is 11.4 Å². The molecule has 0 aliphatic rings. The second-order valence-corrected chi connectivity index (χ2v) is 5.64. The highest BCUT2D eigenvalue weighted by Gasteiger charge is 2.12. The fourth-order valence-electron chi connectivity index (χ4n) is 1.50. The molecule has 17 heavy (non-hydrogen) atoms. The van der Waals surface area contributed by atoms with Crippen molar-refractivity contribution >= 4 is 21.1 Å². The van der Waals surface area contributed by atoms with Gasteiger partial charge in [-0.2, -0.15) is 0 Å². The highest BCUT2D eigenvalue weighted by atomic mass is 32.2.